The smallest absolute Gasteiger partial charge is 0.273 e. The topological polar surface area (TPSA) is 101 Å². The minimum atomic E-state index is -3.81. The summed E-state index contributed by atoms with van der Waals surface area (Å²) in [6, 6.07) is 10.6. The first-order valence-corrected chi connectivity index (χ1v) is 12.1. The highest BCUT2D eigenvalue weighted by Gasteiger charge is 2.28. The van der Waals surface area contributed by atoms with Gasteiger partial charge in [-0.05, 0) is 36.4 Å². The summed E-state index contributed by atoms with van der Waals surface area (Å²) in [4.78, 5) is 31.6. The van der Waals surface area contributed by atoms with Gasteiger partial charge in [0.15, 0.2) is 0 Å². The predicted molar refractivity (Wildman–Crippen MR) is 124 cm³/mol. The number of benzene rings is 1. The Balaban J connectivity index is 1.59. The molecule has 1 aliphatic rings. The zero-order valence-corrected chi connectivity index (χ0v) is 18.8. The number of hydrogen-bond acceptors (Lipinski definition) is 6. The van der Waals surface area contributed by atoms with Gasteiger partial charge in [0.05, 0.1) is 16.8 Å². The van der Waals surface area contributed by atoms with Gasteiger partial charge in [-0.3, -0.25) is 9.59 Å². The number of hydrogen-bond donors (Lipinski definition) is 1. The number of likely N-dealkylation sites (N-methyl/N-ethyl adjacent to an activating group) is 1. The number of nitrogens with one attached hydrogen (secondary N) is 1. The number of allylic oxidation sites excluding steroid dienone is 2. The number of amides is 2. The number of rotatable bonds is 5. The van der Waals surface area contributed by atoms with E-state index in [0.717, 1.165) is 19.2 Å². The first-order chi connectivity index (χ1) is 15.3. The predicted octanol–water partition coefficient (Wildman–Crippen LogP) is 2.67. The lowest BCUT2D eigenvalue weighted by molar-refractivity contribution is -0.126. The number of aromatic nitrogens is 2. The number of nitrogens with zero attached hydrogens (tertiary/aromatic N) is 3. The number of carbonyl (C=O) groups excluding carboxylic acids is 2. The third-order valence-electron chi connectivity index (χ3n) is 4.79. The van der Waals surface area contributed by atoms with Crippen LogP contribution in [0.3, 0.4) is 0 Å². The quantitative estimate of drug-likeness (QED) is 0.458. The lowest BCUT2D eigenvalue weighted by Gasteiger charge is -2.17. The van der Waals surface area contributed by atoms with Crippen molar-refractivity contribution >= 4 is 43.4 Å². The molecule has 0 saturated heterocycles. The van der Waals surface area contributed by atoms with Crippen LogP contribution in [-0.2, 0) is 21.4 Å². The standard InChI is InChI=1S/C22H20N4O4S2/c1-3-7-15(12-16-14-32(29,30)26-11-6-9-18(26)21(27)23-16)22(28)25(2)13-20-24-17-8-4-5-10-19(17)31-20/h3-12H,1,13-14H2,2H3,(H,23,27)/b15-7+,16-12+. The summed E-state index contributed by atoms with van der Waals surface area (Å²) in [6.45, 7) is 3.92. The molecule has 4 rings (SSSR count). The molecule has 0 fully saturated rings. The fourth-order valence-electron chi connectivity index (χ4n) is 3.35. The van der Waals surface area contributed by atoms with Crippen LogP contribution in [0.2, 0.25) is 0 Å². The summed E-state index contributed by atoms with van der Waals surface area (Å²) < 4.78 is 27.3. The van der Waals surface area contributed by atoms with Gasteiger partial charge >= 0.3 is 0 Å². The van der Waals surface area contributed by atoms with Crippen LogP contribution in [0.15, 0.2) is 78.7 Å². The highest BCUT2D eigenvalue weighted by molar-refractivity contribution is 7.90. The van der Waals surface area contributed by atoms with E-state index in [1.54, 1.807) is 7.05 Å². The van der Waals surface area contributed by atoms with Crippen molar-refractivity contribution in [1.29, 1.82) is 0 Å². The second-order valence-corrected chi connectivity index (χ2v) is 10.1. The average molecular weight is 469 g/mol. The number of para-hydroxylation sites is 1. The van der Waals surface area contributed by atoms with Gasteiger partial charge in [0.1, 0.15) is 16.5 Å². The summed E-state index contributed by atoms with van der Waals surface area (Å²) in [5, 5.41) is 3.37. The van der Waals surface area contributed by atoms with Gasteiger partial charge in [0, 0.05) is 24.5 Å². The third kappa shape index (κ3) is 4.27. The lowest BCUT2D eigenvalue weighted by atomic mass is 10.1. The Bertz CT molecular complexity index is 1360. The monoisotopic (exact) mass is 468 g/mol. The van der Waals surface area contributed by atoms with Crippen molar-refractivity contribution in [1.82, 2.24) is 19.2 Å². The van der Waals surface area contributed by atoms with E-state index in [1.807, 2.05) is 24.3 Å². The second kappa shape index (κ2) is 8.56. The van der Waals surface area contributed by atoms with Gasteiger partial charge in [-0.15, -0.1) is 11.3 Å². The Morgan fingerprint density at radius 2 is 2.09 bits per heavy atom. The summed E-state index contributed by atoms with van der Waals surface area (Å²) in [6.07, 6.45) is 5.62. The van der Waals surface area contributed by atoms with Crippen molar-refractivity contribution in [3.8, 4) is 0 Å². The molecule has 0 atom stereocenters. The third-order valence-corrected chi connectivity index (χ3v) is 7.40. The van der Waals surface area contributed by atoms with Crippen LogP contribution in [0.1, 0.15) is 15.5 Å². The Hall–Kier alpha value is -3.50. The van der Waals surface area contributed by atoms with Crippen LogP contribution >= 0.6 is 11.3 Å². The van der Waals surface area contributed by atoms with Gasteiger partial charge in [-0.1, -0.05) is 24.8 Å². The van der Waals surface area contributed by atoms with Crippen LogP contribution in [0.5, 0.6) is 0 Å². The lowest BCUT2D eigenvalue weighted by Crippen LogP contribution is -2.28. The molecular formula is C22H20N4O4S2. The Morgan fingerprint density at radius 1 is 1.31 bits per heavy atom. The highest BCUT2D eigenvalue weighted by Crippen LogP contribution is 2.23. The normalized spacial score (nSPS) is 17.0. The van der Waals surface area contributed by atoms with Gasteiger partial charge in [0.25, 0.3) is 11.8 Å². The van der Waals surface area contributed by atoms with Crippen molar-refractivity contribution in [2.45, 2.75) is 6.54 Å². The molecule has 0 bridgehead atoms. The molecule has 1 N–H and O–H groups in total. The molecule has 2 aromatic heterocycles. The Morgan fingerprint density at radius 3 is 2.84 bits per heavy atom. The molecule has 2 amide bonds. The molecule has 0 unspecified atom stereocenters. The summed E-state index contributed by atoms with van der Waals surface area (Å²) in [7, 11) is -2.17. The Kier molecular flexibility index (Phi) is 5.81. The first-order valence-electron chi connectivity index (χ1n) is 9.63. The van der Waals surface area contributed by atoms with Crippen LogP contribution in [0.4, 0.5) is 0 Å². The van der Waals surface area contributed by atoms with E-state index in [-0.39, 0.29) is 29.4 Å². The van der Waals surface area contributed by atoms with Crippen molar-refractivity contribution in [2.75, 3.05) is 12.8 Å². The molecule has 3 aromatic rings. The van der Waals surface area contributed by atoms with Crippen molar-refractivity contribution in [2.24, 2.45) is 0 Å². The maximum Gasteiger partial charge on any atom is 0.273 e. The van der Waals surface area contributed by atoms with Gasteiger partial charge in [0.2, 0.25) is 10.0 Å². The van der Waals surface area contributed by atoms with Crippen molar-refractivity contribution < 1.29 is 18.0 Å². The molecule has 0 radical (unpaired) electrons. The summed E-state index contributed by atoms with van der Waals surface area (Å²) >= 11 is 1.50. The van der Waals surface area contributed by atoms with E-state index in [1.165, 1.54) is 52.8 Å². The molecule has 164 valence electrons. The SMILES string of the molecule is C=C/C=C(\C=C1/CS(=O)(=O)n2cccc2C(=O)N1)C(=O)N(C)Cc1nc2ccccc2s1. The van der Waals surface area contributed by atoms with Gasteiger partial charge in [-0.2, -0.15) is 0 Å². The number of thiazole rings is 1. The van der Waals surface area contributed by atoms with E-state index < -0.39 is 21.7 Å². The molecule has 32 heavy (non-hydrogen) atoms. The zero-order chi connectivity index (χ0) is 22.9. The minimum Gasteiger partial charge on any atom is -0.335 e. The van der Waals surface area contributed by atoms with Crippen LogP contribution in [0.25, 0.3) is 10.2 Å². The summed E-state index contributed by atoms with van der Waals surface area (Å²) in [5.74, 6) is -1.37. The maximum atomic E-state index is 13.1. The van der Waals surface area contributed by atoms with E-state index in [4.69, 9.17) is 0 Å². The molecule has 3 heterocycles. The van der Waals surface area contributed by atoms with E-state index >= 15 is 0 Å². The van der Waals surface area contributed by atoms with E-state index in [0.29, 0.717) is 0 Å². The molecule has 10 heteroatoms. The molecule has 8 nitrogen and oxygen atoms in total. The molecule has 0 saturated carbocycles. The maximum absolute atomic E-state index is 13.1. The molecule has 1 aliphatic heterocycles. The van der Waals surface area contributed by atoms with Gasteiger partial charge < -0.3 is 10.2 Å². The number of carbonyl (C=O) groups is 2. The van der Waals surface area contributed by atoms with E-state index in [9.17, 15) is 18.0 Å². The highest BCUT2D eigenvalue weighted by atomic mass is 32.2. The van der Waals surface area contributed by atoms with Crippen molar-refractivity contribution in [3.05, 3.63) is 89.4 Å². The van der Waals surface area contributed by atoms with Crippen LogP contribution < -0.4 is 5.32 Å². The number of fused-ring (bicyclic) bond motifs is 2. The van der Waals surface area contributed by atoms with Crippen LogP contribution in [-0.4, -0.2) is 46.9 Å². The molecule has 1 aromatic carbocycles. The van der Waals surface area contributed by atoms with E-state index in [2.05, 4.69) is 16.9 Å². The minimum absolute atomic E-state index is 0.0157. The van der Waals surface area contributed by atoms with Crippen LogP contribution in [0, 0.1) is 0 Å². The fourth-order valence-corrected chi connectivity index (χ4v) is 5.76. The molecular weight excluding hydrogens is 448 g/mol. The Labute approximate surface area is 189 Å². The van der Waals surface area contributed by atoms with Crippen molar-refractivity contribution in [3.63, 3.8) is 0 Å². The largest absolute Gasteiger partial charge is 0.335 e. The molecule has 0 aliphatic carbocycles. The molecule has 0 spiro atoms. The zero-order valence-electron chi connectivity index (χ0n) is 17.2. The van der Waals surface area contributed by atoms with Gasteiger partial charge in [-0.25, -0.2) is 17.4 Å². The second-order valence-electron chi connectivity index (χ2n) is 7.16. The average Bonchev–Trinajstić information content (AvgIpc) is 3.37. The first kappa shape index (κ1) is 21.7. The fraction of sp³-hybridized carbons (Fsp3) is 0.136. The summed E-state index contributed by atoms with van der Waals surface area (Å²) in [5.41, 5.74) is 1.18.